The Morgan fingerprint density at radius 1 is 1.30 bits per heavy atom. The van der Waals surface area contributed by atoms with Gasteiger partial charge in [0.15, 0.2) is 0 Å². The second-order valence-corrected chi connectivity index (χ2v) is 4.99. The van der Waals surface area contributed by atoms with Crippen LogP contribution in [0.3, 0.4) is 0 Å². The monoisotopic (exact) mass is 296 g/mol. The van der Waals surface area contributed by atoms with E-state index in [0.29, 0.717) is 0 Å². The van der Waals surface area contributed by atoms with Crippen molar-refractivity contribution < 1.29 is 45.3 Å². The first kappa shape index (κ1) is 17.2. The molecule has 1 heterocycles. The zero-order chi connectivity index (χ0) is 15.7. The van der Waals surface area contributed by atoms with Gasteiger partial charge in [-0.25, -0.2) is 0 Å². The normalized spacial score (nSPS) is 41.1. The van der Waals surface area contributed by atoms with Gasteiger partial charge in [-0.15, -0.1) is 0 Å². The van der Waals surface area contributed by atoms with Gasteiger partial charge in [0.1, 0.15) is 30.3 Å². The highest BCUT2D eigenvalue weighted by Crippen LogP contribution is 2.36. The number of aliphatic carboxylic acids is 1. The summed E-state index contributed by atoms with van der Waals surface area (Å²) >= 11 is 0. The first-order chi connectivity index (χ1) is 9.15. The molecule has 0 radical (unpaired) electrons. The summed E-state index contributed by atoms with van der Waals surface area (Å²) in [6.07, 6.45) is -8.73. The molecule has 3 unspecified atom stereocenters. The van der Waals surface area contributed by atoms with Gasteiger partial charge in [0, 0.05) is 0 Å². The molecule has 1 fully saturated rings. The molecule has 1 saturated heterocycles. The molecule has 0 aromatic heterocycles. The summed E-state index contributed by atoms with van der Waals surface area (Å²) in [4.78, 5) is 11.2. The van der Waals surface area contributed by atoms with E-state index in [2.05, 4.69) is 0 Å². The molecule has 9 nitrogen and oxygen atoms in total. The predicted octanol–water partition coefficient (Wildman–Crippen LogP) is -3.38. The van der Waals surface area contributed by atoms with Crippen LogP contribution >= 0.6 is 0 Å². The smallest absolute Gasteiger partial charge is 0.312 e. The van der Waals surface area contributed by atoms with Crippen LogP contribution in [0.25, 0.3) is 0 Å². The van der Waals surface area contributed by atoms with Crippen LogP contribution in [-0.2, 0) is 9.53 Å². The molecule has 1 aliphatic heterocycles. The van der Waals surface area contributed by atoms with Gasteiger partial charge < -0.3 is 40.5 Å². The van der Waals surface area contributed by atoms with Gasteiger partial charge in [0.05, 0.1) is 12.7 Å². The Hall–Kier alpha value is -0.810. The lowest BCUT2D eigenvalue weighted by Gasteiger charge is -2.47. The summed E-state index contributed by atoms with van der Waals surface area (Å²) in [5.41, 5.74) is 0. The van der Waals surface area contributed by atoms with Crippen LogP contribution in [0.1, 0.15) is 13.3 Å². The third-order valence-corrected chi connectivity index (χ3v) is 3.37. The number of rotatable bonds is 5. The molecule has 0 aromatic carbocycles. The molecule has 0 aromatic rings. The van der Waals surface area contributed by atoms with E-state index in [1.807, 2.05) is 0 Å². The second-order valence-electron chi connectivity index (χ2n) is 4.99. The number of hydrogen-bond donors (Lipinski definition) is 7. The van der Waals surface area contributed by atoms with Crippen molar-refractivity contribution in [2.75, 3.05) is 6.61 Å². The lowest BCUT2D eigenvalue weighted by molar-refractivity contribution is -0.366. The fraction of sp³-hybridized carbons (Fsp3) is 0.909. The number of carboxylic acids is 1. The molecule has 0 spiro atoms. The molecular formula is C11H20O9. The number of hydrogen-bond acceptors (Lipinski definition) is 8. The molecule has 7 atom stereocenters. The number of aliphatic hydroxyl groups excluding tert-OH is 5. The van der Waals surface area contributed by atoms with E-state index in [0.717, 1.165) is 0 Å². The van der Waals surface area contributed by atoms with Crippen LogP contribution < -0.4 is 0 Å². The highest BCUT2D eigenvalue weighted by atomic mass is 16.7. The molecule has 1 rings (SSSR count). The Morgan fingerprint density at radius 2 is 1.85 bits per heavy atom. The molecule has 1 aliphatic rings. The maximum absolute atomic E-state index is 11.2. The lowest BCUT2D eigenvalue weighted by Crippen LogP contribution is -2.68. The summed E-state index contributed by atoms with van der Waals surface area (Å²) in [6, 6.07) is 0. The van der Waals surface area contributed by atoms with E-state index in [9.17, 15) is 30.3 Å². The van der Waals surface area contributed by atoms with E-state index in [1.165, 1.54) is 6.92 Å². The molecule has 118 valence electrons. The van der Waals surface area contributed by atoms with Gasteiger partial charge in [-0.3, -0.25) is 4.79 Å². The van der Waals surface area contributed by atoms with Crippen molar-refractivity contribution in [1.82, 2.24) is 0 Å². The molecular weight excluding hydrogens is 276 g/mol. The Morgan fingerprint density at radius 3 is 2.25 bits per heavy atom. The Balaban J connectivity index is 3.11. The minimum atomic E-state index is -2.74. The summed E-state index contributed by atoms with van der Waals surface area (Å²) in [5.74, 6) is -6.06. The Bertz CT molecular complexity index is 345. The van der Waals surface area contributed by atoms with E-state index in [-0.39, 0.29) is 0 Å². The highest BCUT2D eigenvalue weighted by molar-refractivity contribution is 5.71. The molecule has 0 aliphatic carbocycles. The quantitative estimate of drug-likeness (QED) is 0.274. The SMILES string of the molecule is CC(O)CC(C(=O)O)C1(O)O[C@H](CO)[C@@H](O)[C@H](O)[C@H]1O. The van der Waals surface area contributed by atoms with Crippen LogP contribution in [0.5, 0.6) is 0 Å². The number of aliphatic hydroxyl groups is 6. The number of carbonyl (C=O) groups is 1. The minimum Gasteiger partial charge on any atom is -0.481 e. The summed E-state index contributed by atoms with van der Waals surface area (Å²) in [6.45, 7) is 0.484. The fourth-order valence-electron chi connectivity index (χ4n) is 2.25. The van der Waals surface area contributed by atoms with Crippen molar-refractivity contribution in [3.05, 3.63) is 0 Å². The number of ether oxygens (including phenoxy) is 1. The van der Waals surface area contributed by atoms with Crippen molar-refractivity contribution in [3.63, 3.8) is 0 Å². The molecule has 0 bridgehead atoms. The minimum absolute atomic E-state index is 0.455. The van der Waals surface area contributed by atoms with Gasteiger partial charge >= 0.3 is 5.97 Å². The van der Waals surface area contributed by atoms with Crippen molar-refractivity contribution in [3.8, 4) is 0 Å². The van der Waals surface area contributed by atoms with Crippen LogP contribution in [0.15, 0.2) is 0 Å². The third kappa shape index (κ3) is 3.09. The Kier molecular flexibility index (Phi) is 5.44. The largest absolute Gasteiger partial charge is 0.481 e. The maximum Gasteiger partial charge on any atom is 0.312 e. The molecule has 0 saturated carbocycles. The average molecular weight is 296 g/mol. The first-order valence-electron chi connectivity index (χ1n) is 6.11. The zero-order valence-electron chi connectivity index (χ0n) is 10.8. The number of carboxylic acid groups (broad SMARTS) is 1. The van der Waals surface area contributed by atoms with Gasteiger partial charge in [0.25, 0.3) is 0 Å². The maximum atomic E-state index is 11.2. The van der Waals surface area contributed by atoms with Crippen molar-refractivity contribution in [2.24, 2.45) is 5.92 Å². The molecule has 9 heteroatoms. The fourth-order valence-corrected chi connectivity index (χ4v) is 2.25. The van der Waals surface area contributed by atoms with Crippen molar-refractivity contribution >= 4 is 5.97 Å². The average Bonchev–Trinajstić information content (AvgIpc) is 2.37. The highest BCUT2D eigenvalue weighted by Gasteiger charge is 2.58. The second kappa shape index (κ2) is 6.31. The van der Waals surface area contributed by atoms with Crippen LogP contribution in [0.2, 0.25) is 0 Å². The summed E-state index contributed by atoms with van der Waals surface area (Å²) in [7, 11) is 0. The topological polar surface area (TPSA) is 168 Å². The standard InChI is InChI=1S/C11H20O9/c1-4(13)2-5(10(17)18)11(19)9(16)8(15)7(14)6(3-12)20-11/h4-9,12-16,19H,2-3H2,1H3,(H,17,18)/t4?,5?,6-,7-,8+,9-,11?/m1/s1. The Labute approximate surface area is 114 Å². The molecule has 20 heavy (non-hydrogen) atoms. The van der Waals surface area contributed by atoms with Crippen LogP contribution in [0.4, 0.5) is 0 Å². The first-order valence-corrected chi connectivity index (χ1v) is 6.11. The van der Waals surface area contributed by atoms with Crippen molar-refractivity contribution in [1.29, 1.82) is 0 Å². The van der Waals surface area contributed by atoms with Gasteiger partial charge in [-0.2, -0.15) is 0 Å². The van der Waals surface area contributed by atoms with E-state index in [4.69, 9.17) is 14.9 Å². The van der Waals surface area contributed by atoms with Crippen molar-refractivity contribution in [2.45, 2.75) is 49.7 Å². The van der Waals surface area contributed by atoms with Crippen LogP contribution in [0, 0.1) is 5.92 Å². The summed E-state index contributed by atoms with van der Waals surface area (Å²) in [5, 5.41) is 66.6. The van der Waals surface area contributed by atoms with Gasteiger partial charge in [0.2, 0.25) is 5.79 Å². The van der Waals surface area contributed by atoms with Gasteiger partial charge in [-0.05, 0) is 13.3 Å². The molecule has 7 N–H and O–H groups in total. The van der Waals surface area contributed by atoms with Gasteiger partial charge in [-0.1, -0.05) is 0 Å². The van der Waals surface area contributed by atoms with E-state index < -0.39 is 61.2 Å². The lowest BCUT2D eigenvalue weighted by atomic mass is 9.82. The zero-order valence-corrected chi connectivity index (χ0v) is 10.8. The summed E-state index contributed by atoms with van der Waals surface area (Å²) < 4.78 is 4.90. The molecule has 0 amide bonds. The van der Waals surface area contributed by atoms with Crippen LogP contribution in [-0.4, -0.2) is 84.6 Å². The van der Waals surface area contributed by atoms with E-state index >= 15 is 0 Å². The third-order valence-electron chi connectivity index (χ3n) is 3.37. The van der Waals surface area contributed by atoms with E-state index in [1.54, 1.807) is 0 Å². The predicted molar refractivity (Wildman–Crippen MR) is 62.4 cm³/mol.